The molecule has 1 aliphatic heterocycles. The summed E-state index contributed by atoms with van der Waals surface area (Å²) in [6, 6.07) is 1.41. The van der Waals surface area contributed by atoms with E-state index >= 15 is 0 Å². The summed E-state index contributed by atoms with van der Waals surface area (Å²) in [6.07, 6.45) is 1.27. The van der Waals surface area contributed by atoms with Crippen LogP contribution in [0.5, 0.6) is 0 Å². The molecule has 0 radical (unpaired) electrons. The van der Waals surface area contributed by atoms with E-state index in [4.69, 9.17) is 0 Å². The molecule has 0 aromatic carbocycles. The summed E-state index contributed by atoms with van der Waals surface area (Å²) in [5, 5.41) is 3.48. The van der Waals surface area contributed by atoms with E-state index in [0.717, 1.165) is 12.6 Å². The fraction of sp³-hybridized carbons (Fsp3) is 1.00. The van der Waals surface area contributed by atoms with Crippen LogP contribution in [0.2, 0.25) is 0 Å². The van der Waals surface area contributed by atoms with Gasteiger partial charge < -0.3 is 5.32 Å². The van der Waals surface area contributed by atoms with Crippen molar-refractivity contribution in [1.82, 2.24) is 10.2 Å². The highest BCUT2D eigenvalue weighted by molar-refractivity contribution is 4.80. The molecule has 1 fully saturated rings. The number of hydrogen-bond acceptors (Lipinski definition) is 2. The van der Waals surface area contributed by atoms with Crippen LogP contribution in [-0.2, 0) is 0 Å². The van der Waals surface area contributed by atoms with Crippen LogP contribution in [0, 0.1) is 0 Å². The number of nitrogens with one attached hydrogen (secondary N) is 1. The molecule has 0 aliphatic carbocycles. The maximum absolute atomic E-state index is 3.48. The van der Waals surface area contributed by atoms with E-state index in [1.54, 1.807) is 0 Å². The van der Waals surface area contributed by atoms with E-state index < -0.39 is 0 Å². The van der Waals surface area contributed by atoms with Crippen molar-refractivity contribution in [2.24, 2.45) is 0 Å². The molecule has 1 rings (SSSR count). The average molecular weight is 156 g/mol. The zero-order valence-electron chi connectivity index (χ0n) is 7.93. The highest BCUT2D eigenvalue weighted by Gasteiger charge is 2.20. The molecule has 2 atom stereocenters. The molecule has 1 heterocycles. The van der Waals surface area contributed by atoms with E-state index in [2.05, 4.69) is 31.0 Å². The van der Waals surface area contributed by atoms with Crippen LogP contribution in [0.3, 0.4) is 0 Å². The van der Waals surface area contributed by atoms with Gasteiger partial charge in [0.2, 0.25) is 0 Å². The first kappa shape index (κ1) is 9.01. The third-order valence-corrected chi connectivity index (χ3v) is 2.40. The van der Waals surface area contributed by atoms with Gasteiger partial charge in [0, 0.05) is 25.2 Å². The Morgan fingerprint density at radius 3 is 2.82 bits per heavy atom. The van der Waals surface area contributed by atoms with Gasteiger partial charge in [-0.1, -0.05) is 6.92 Å². The van der Waals surface area contributed by atoms with Gasteiger partial charge in [-0.2, -0.15) is 0 Å². The topological polar surface area (TPSA) is 15.3 Å². The summed E-state index contributed by atoms with van der Waals surface area (Å²) < 4.78 is 0. The minimum absolute atomic E-state index is 0.678. The van der Waals surface area contributed by atoms with Gasteiger partial charge >= 0.3 is 0 Å². The minimum atomic E-state index is 0.678. The largest absolute Gasteiger partial charge is 0.311 e. The zero-order chi connectivity index (χ0) is 8.27. The highest BCUT2D eigenvalue weighted by Crippen LogP contribution is 2.06. The van der Waals surface area contributed by atoms with Crippen LogP contribution < -0.4 is 5.32 Å². The second-order valence-corrected chi connectivity index (χ2v) is 3.65. The molecule has 1 saturated heterocycles. The van der Waals surface area contributed by atoms with Crippen molar-refractivity contribution in [3.63, 3.8) is 0 Å². The summed E-state index contributed by atoms with van der Waals surface area (Å²) in [5.41, 5.74) is 0. The lowest BCUT2D eigenvalue weighted by Crippen LogP contribution is -2.54. The fourth-order valence-electron chi connectivity index (χ4n) is 1.70. The Labute approximate surface area is 70.0 Å². The molecule has 0 aromatic rings. The molecule has 0 spiro atoms. The molecular weight excluding hydrogens is 136 g/mol. The molecule has 1 aliphatic rings. The van der Waals surface area contributed by atoms with Crippen LogP contribution in [-0.4, -0.2) is 36.6 Å². The van der Waals surface area contributed by atoms with Gasteiger partial charge in [0.25, 0.3) is 0 Å². The first-order chi connectivity index (χ1) is 5.24. The van der Waals surface area contributed by atoms with E-state index in [1.807, 2.05) is 0 Å². The van der Waals surface area contributed by atoms with Crippen molar-refractivity contribution < 1.29 is 0 Å². The predicted molar refractivity (Wildman–Crippen MR) is 48.8 cm³/mol. The van der Waals surface area contributed by atoms with Gasteiger partial charge in [-0.05, 0) is 26.8 Å². The molecule has 66 valence electrons. The van der Waals surface area contributed by atoms with E-state index in [0.29, 0.717) is 6.04 Å². The van der Waals surface area contributed by atoms with Gasteiger partial charge in [-0.25, -0.2) is 0 Å². The summed E-state index contributed by atoms with van der Waals surface area (Å²) in [6.45, 7) is 10.4. The number of nitrogens with zero attached hydrogens (tertiary/aromatic N) is 1. The molecule has 0 unspecified atom stereocenters. The summed E-state index contributed by atoms with van der Waals surface area (Å²) in [7, 11) is 0. The Kier molecular flexibility index (Phi) is 3.34. The van der Waals surface area contributed by atoms with Gasteiger partial charge in [-0.3, -0.25) is 4.90 Å². The second-order valence-electron chi connectivity index (χ2n) is 3.65. The smallest absolute Gasteiger partial charge is 0.0193 e. The Balaban J connectivity index is 2.34. The lowest BCUT2D eigenvalue weighted by Gasteiger charge is -2.37. The van der Waals surface area contributed by atoms with Gasteiger partial charge in [0.15, 0.2) is 0 Å². The molecule has 0 aromatic heterocycles. The van der Waals surface area contributed by atoms with Crippen molar-refractivity contribution >= 4 is 0 Å². The maximum atomic E-state index is 3.48. The zero-order valence-corrected chi connectivity index (χ0v) is 7.93. The lowest BCUT2D eigenvalue weighted by atomic mass is 10.1. The first-order valence-electron chi connectivity index (χ1n) is 4.71. The second kappa shape index (κ2) is 4.07. The quantitative estimate of drug-likeness (QED) is 0.643. The van der Waals surface area contributed by atoms with Gasteiger partial charge in [0.1, 0.15) is 0 Å². The summed E-state index contributed by atoms with van der Waals surface area (Å²) in [4.78, 5) is 2.57. The molecule has 2 heteroatoms. The summed E-state index contributed by atoms with van der Waals surface area (Å²) in [5.74, 6) is 0. The molecule has 11 heavy (non-hydrogen) atoms. The normalized spacial score (nSPS) is 34.1. The lowest BCUT2D eigenvalue weighted by molar-refractivity contribution is 0.147. The first-order valence-corrected chi connectivity index (χ1v) is 4.71. The van der Waals surface area contributed by atoms with Crippen molar-refractivity contribution in [2.75, 3.05) is 19.6 Å². The Morgan fingerprint density at radius 1 is 1.45 bits per heavy atom. The van der Waals surface area contributed by atoms with Crippen molar-refractivity contribution in [3.8, 4) is 0 Å². The van der Waals surface area contributed by atoms with Crippen LogP contribution in [0.25, 0.3) is 0 Å². The number of rotatable bonds is 2. The maximum Gasteiger partial charge on any atom is 0.0193 e. The van der Waals surface area contributed by atoms with E-state index in [1.165, 1.54) is 19.5 Å². The Hall–Kier alpha value is -0.0800. The minimum Gasteiger partial charge on any atom is -0.311 e. The highest BCUT2D eigenvalue weighted by atomic mass is 15.2. The molecule has 0 bridgehead atoms. The Bertz CT molecular complexity index is 114. The van der Waals surface area contributed by atoms with E-state index in [-0.39, 0.29) is 0 Å². The van der Waals surface area contributed by atoms with Crippen LogP contribution in [0.15, 0.2) is 0 Å². The van der Waals surface area contributed by atoms with Gasteiger partial charge in [0.05, 0.1) is 0 Å². The number of hydrogen-bond donors (Lipinski definition) is 1. The third-order valence-electron chi connectivity index (χ3n) is 2.40. The monoisotopic (exact) mass is 156 g/mol. The predicted octanol–water partition coefficient (Wildman–Crippen LogP) is 1.08. The molecule has 0 amide bonds. The standard InChI is InChI=1S/C9H20N2/c1-4-5-11-7-8(2)10-6-9(11)3/h8-10H,4-7H2,1-3H3/t8-,9-/m0/s1. The van der Waals surface area contributed by atoms with Crippen LogP contribution >= 0.6 is 0 Å². The van der Waals surface area contributed by atoms with Crippen molar-refractivity contribution in [1.29, 1.82) is 0 Å². The fourth-order valence-corrected chi connectivity index (χ4v) is 1.70. The van der Waals surface area contributed by atoms with E-state index in [9.17, 15) is 0 Å². The molecule has 1 N–H and O–H groups in total. The average Bonchev–Trinajstić information content (AvgIpc) is 1.98. The van der Waals surface area contributed by atoms with Crippen LogP contribution in [0.1, 0.15) is 27.2 Å². The molecular formula is C9H20N2. The van der Waals surface area contributed by atoms with Gasteiger partial charge in [-0.15, -0.1) is 0 Å². The molecule has 0 saturated carbocycles. The van der Waals surface area contributed by atoms with Crippen molar-refractivity contribution in [2.45, 2.75) is 39.3 Å². The summed E-state index contributed by atoms with van der Waals surface area (Å²) >= 11 is 0. The Morgan fingerprint density at radius 2 is 2.18 bits per heavy atom. The third kappa shape index (κ3) is 2.46. The molecule has 2 nitrogen and oxygen atoms in total. The number of piperazine rings is 1. The van der Waals surface area contributed by atoms with Crippen LogP contribution in [0.4, 0.5) is 0 Å². The SMILES string of the molecule is CCCN1C[C@H](C)NC[C@@H]1C. The van der Waals surface area contributed by atoms with Crippen molar-refractivity contribution in [3.05, 3.63) is 0 Å².